The lowest BCUT2D eigenvalue weighted by Gasteiger charge is -2.44. The van der Waals surface area contributed by atoms with Crippen LogP contribution in [0.4, 0.5) is 23.3 Å². The summed E-state index contributed by atoms with van der Waals surface area (Å²) in [7, 11) is 0. The molecule has 5 aromatic rings. The fourth-order valence-corrected chi connectivity index (χ4v) is 9.97. The van der Waals surface area contributed by atoms with Gasteiger partial charge in [0.05, 0.1) is 36.6 Å². The maximum atomic E-state index is 5.14. The summed E-state index contributed by atoms with van der Waals surface area (Å²) in [6.07, 6.45) is 19.4. The lowest BCUT2D eigenvalue weighted by Crippen LogP contribution is -2.55. The molecule has 13 nitrogen and oxygen atoms in total. The van der Waals surface area contributed by atoms with Crippen molar-refractivity contribution in [2.45, 2.75) is 128 Å². The first kappa shape index (κ1) is 38.4. The molecule has 2 aromatic carbocycles. The molecule has 5 aliphatic rings. The van der Waals surface area contributed by atoms with E-state index in [1.807, 2.05) is 12.4 Å². The van der Waals surface area contributed by atoms with Gasteiger partial charge in [0.25, 0.3) is 0 Å². The topological polar surface area (TPSA) is 120 Å². The molecular weight excluding hydrogens is 790 g/mol. The standard InChI is InChI=1S/C22H26BrN7.C22H28N6/c1-3-18-21-28-25-13-29(21)19-12-24-22(26-14(2)15-8-10-16(23)11-9-15)27-20(19)30(18)17-6-4-5-7-17;1-3-19-22-25-27(16(2)17-9-5-4-6-10-17)15-26(22)20-13-23-14-24-21(20)28(19)18-11-7-8-12-18/h8-14,17-18H,3-7H2,1-2H3,(H,24,26,27);4-6,9-10,13-14,16,18-19H,3,7-8,11-12,15H2,1-2H3. The Morgan fingerprint density at radius 2 is 1.47 bits per heavy atom. The molecule has 4 unspecified atom stereocenters. The van der Waals surface area contributed by atoms with E-state index >= 15 is 0 Å². The van der Waals surface area contributed by atoms with Crippen molar-refractivity contribution in [3.05, 3.63) is 101 Å². The summed E-state index contributed by atoms with van der Waals surface area (Å²) >= 11 is 3.50. The summed E-state index contributed by atoms with van der Waals surface area (Å²) in [6.45, 7) is 9.60. The number of rotatable bonds is 9. The van der Waals surface area contributed by atoms with E-state index in [4.69, 9.17) is 15.1 Å². The maximum Gasteiger partial charge on any atom is 0.225 e. The molecule has 0 saturated heterocycles. The highest BCUT2D eigenvalue weighted by atomic mass is 79.9. The molecule has 0 spiro atoms. The quantitative estimate of drug-likeness (QED) is 0.153. The number of halogens is 1. The van der Waals surface area contributed by atoms with Gasteiger partial charge in [-0.2, -0.15) is 10.1 Å². The molecule has 58 heavy (non-hydrogen) atoms. The summed E-state index contributed by atoms with van der Waals surface area (Å²) in [4.78, 5) is 26.1. The van der Waals surface area contributed by atoms with Gasteiger partial charge in [0, 0.05) is 16.6 Å². The average Bonchev–Trinajstić information content (AvgIpc) is 4.11. The molecule has 4 atom stereocenters. The Bertz CT molecular complexity index is 2200. The van der Waals surface area contributed by atoms with Gasteiger partial charge < -0.3 is 20.0 Å². The summed E-state index contributed by atoms with van der Waals surface area (Å²) in [5.74, 6) is 4.87. The molecule has 302 valence electrons. The second-order valence-corrected chi connectivity index (χ2v) is 17.1. The number of aromatic nitrogens is 7. The van der Waals surface area contributed by atoms with Crippen molar-refractivity contribution in [2.75, 3.05) is 26.7 Å². The molecule has 0 radical (unpaired) electrons. The molecule has 0 amide bonds. The van der Waals surface area contributed by atoms with Gasteiger partial charge in [0.2, 0.25) is 5.95 Å². The molecule has 14 heteroatoms. The van der Waals surface area contributed by atoms with E-state index in [1.54, 1.807) is 12.7 Å². The fourth-order valence-electron chi connectivity index (χ4n) is 9.70. The Morgan fingerprint density at radius 3 is 2.16 bits per heavy atom. The first-order valence-corrected chi connectivity index (χ1v) is 22.1. The highest BCUT2D eigenvalue weighted by molar-refractivity contribution is 9.10. The Morgan fingerprint density at radius 1 is 0.776 bits per heavy atom. The van der Waals surface area contributed by atoms with E-state index in [1.165, 1.54) is 62.5 Å². The van der Waals surface area contributed by atoms with Gasteiger partial charge in [-0.1, -0.05) is 97.9 Å². The van der Waals surface area contributed by atoms with E-state index < -0.39 is 0 Å². The third-order valence-corrected chi connectivity index (χ3v) is 13.3. The monoisotopic (exact) mass is 843 g/mol. The van der Waals surface area contributed by atoms with Gasteiger partial charge in [0.1, 0.15) is 30.7 Å². The number of benzene rings is 2. The molecule has 10 rings (SSSR count). The Hall–Kier alpha value is -5.11. The van der Waals surface area contributed by atoms with Gasteiger partial charge in [0.15, 0.2) is 23.3 Å². The minimum atomic E-state index is 0.104. The van der Waals surface area contributed by atoms with Crippen LogP contribution in [-0.2, 0) is 0 Å². The number of hydrogen-bond donors (Lipinski definition) is 1. The van der Waals surface area contributed by atoms with E-state index in [0.717, 1.165) is 58.7 Å². The number of nitrogens with one attached hydrogen (secondary N) is 1. The van der Waals surface area contributed by atoms with Gasteiger partial charge in [-0.15, -0.1) is 10.2 Å². The van der Waals surface area contributed by atoms with Crippen molar-refractivity contribution in [3.8, 4) is 5.69 Å². The van der Waals surface area contributed by atoms with Crippen LogP contribution in [0.25, 0.3) is 5.69 Å². The smallest absolute Gasteiger partial charge is 0.225 e. The maximum absolute atomic E-state index is 5.14. The van der Waals surface area contributed by atoms with E-state index in [-0.39, 0.29) is 24.2 Å². The molecular formula is C44H54BrN13. The minimum Gasteiger partial charge on any atom is -0.348 e. The van der Waals surface area contributed by atoms with Crippen LogP contribution in [0.15, 0.2) is 89.2 Å². The fraction of sp³-hybridized carbons (Fsp3) is 0.477. The Labute approximate surface area is 350 Å². The van der Waals surface area contributed by atoms with Crippen LogP contribution in [0.2, 0.25) is 0 Å². The third-order valence-electron chi connectivity index (χ3n) is 12.8. The largest absolute Gasteiger partial charge is 0.348 e. The zero-order valence-electron chi connectivity index (χ0n) is 34.0. The lowest BCUT2D eigenvalue weighted by atomic mass is 10.0. The molecule has 6 heterocycles. The summed E-state index contributed by atoms with van der Waals surface area (Å²) in [5, 5.41) is 19.5. The second kappa shape index (κ2) is 16.6. The number of anilines is 4. The lowest BCUT2D eigenvalue weighted by molar-refractivity contribution is 0.245. The van der Waals surface area contributed by atoms with Crippen molar-refractivity contribution >= 4 is 45.0 Å². The minimum absolute atomic E-state index is 0.104. The third kappa shape index (κ3) is 7.17. The highest BCUT2D eigenvalue weighted by Gasteiger charge is 2.44. The number of hydrogen-bond acceptors (Lipinski definition) is 12. The number of fused-ring (bicyclic) bond motifs is 6. The van der Waals surface area contributed by atoms with Crippen LogP contribution >= 0.6 is 15.9 Å². The predicted molar refractivity (Wildman–Crippen MR) is 233 cm³/mol. The van der Waals surface area contributed by atoms with E-state index in [2.05, 4.69) is 148 Å². The molecule has 2 fully saturated rings. The SMILES string of the molecule is CCC1C2=NN(C(C)c3ccccc3)CN2c2cncnc2N1C1CCCC1.CCC1c2nncn2-c2cnc(NC(C)c3ccc(Br)cc3)nc2N1C1CCCC1. The zero-order chi connectivity index (χ0) is 39.8. The second-order valence-electron chi connectivity index (χ2n) is 16.2. The number of hydrazone groups is 1. The van der Waals surface area contributed by atoms with Gasteiger partial charge in [-0.25, -0.2) is 15.0 Å². The highest BCUT2D eigenvalue weighted by Crippen LogP contribution is 2.44. The molecule has 0 bridgehead atoms. The molecule has 1 N–H and O–H groups in total. The van der Waals surface area contributed by atoms with E-state index in [9.17, 15) is 0 Å². The van der Waals surface area contributed by atoms with Crippen LogP contribution in [0, 0.1) is 0 Å². The van der Waals surface area contributed by atoms with Crippen LogP contribution in [0.5, 0.6) is 0 Å². The molecule has 2 aliphatic carbocycles. The first-order chi connectivity index (χ1) is 28.4. The first-order valence-electron chi connectivity index (χ1n) is 21.3. The molecule has 3 aliphatic heterocycles. The van der Waals surface area contributed by atoms with E-state index in [0.29, 0.717) is 18.0 Å². The van der Waals surface area contributed by atoms with Crippen molar-refractivity contribution in [1.29, 1.82) is 0 Å². The number of amidine groups is 1. The summed E-state index contributed by atoms with van der Waals surface area (Å²) < 4.78 is 3.13. The van der Waals surface area contributed by atoms with Crippen LogP contribution in [0.3, 0.4) is 0 Å². The number of nitrogens with zero attached hydrogens (tertiary/aromatic N) is 12. The van der Waals surface area contributed by atoms with Crippen molar-refractivity contribution in [3.63, 3.8) is 0 Å². The van der Waals surface area contributed by atoms with Gasteiger partial charge in [-0.3, -0.25) is 9.58 Å². The molecule has 3 aromatic heterocycles. The van der Waals surface area contributed by atoms with Gasteiger partial charge in [-0.05, 0) is 75.6 Å². The Balaban J connectivity index is 0.000000151. The zero-order valence-corrected chi connectivity index (χ0v) is 35.6. The van der Waals surface area contributed by atoms with Crippen molar-refractivity contribution in [2.24, 2.45) is 5.10 Å². The predicted octanol–water partition coefficient (Wildman–Crippen LogP) is 9.38. The van der Waals surface area contributed by atoms with Crippen LogP contribution < -0.4 is 20.0 Å². The van der Waals surface area contributed by atoms with Crippen LogP contribution in [0.1, 0.15) is 127 Å². The van der Waals surface area contributed by atoms with Crippen LogP contribution in [-0.4, -0.2) is 70.3 Å². The Kier molecular flexibility index (Phi) is 11.0. The average molecular weight is 845 g/mol. The van der Waals surface area contributed by atoms with Crippen molar-refractivity contribution in [1.82, 2.24) is 39.7 Å². The van der Waals surface area contributed by atoms with Crippen molar-refractivity contribution < 1.29 is 0 Å². The normalized spacial score (nSPS) is 21.1. The summed E-state index contributed by atoms with van der Waals surface area (Å²) in [6, 6.07) is 20.8. The summed E-state index contributed by atoms with van der Waals surface area (Å²) in [5.41, 5.74) is 4.55. The molecule has 2 saturated carbocycles. The van der Waals surface area contributed by atoms with Gasteiger partial charge >= 0.3 is 0 Å².